The van der Waals surface area contributed by atoms with E-state index in [1.807, 2.05) is 0 Å². The Morgan fingerprint density at radius 3 is 2.78 bits per heavy atom. The molecule has 98 valence electrons. The summed E-state index contributed by atoms with van der Waals surface area (Å²) in [7, 11) is 0. The smallest absolute Gasteiger partial charge is 0.137 e. The van der Waals surface area contributed by atoms with E-state index in [0.29, 0.717) is 11.7 Å². The quantitative estimate of drug-likeness (QED) is 0.639. The highest BCUT2D eigenvalue weighted by atomic mass is 19.1. The van der Waals surface area contributed by atoms with Crippen LogP contribution in [0.2, 0.25) is 0 Å². The number of rotatable bonds is 3. The second kappa shape index (κ2) is 5.38. The molecule has 1 aromatic rings. The van der Waals surface area contributed by atoms with Crippen molar-refractivity contribution in [2.45, 2.75) is 38.7 Å². The number of hydrogen-bond acceptors (Lipinski definition) is 2. The number of nitrogen functional groups attached to an aromatic ring is 1. The predicted molar refractivity (Wildman–Crippen MR) is 69.5 cm³/mol. The molecular formula is C14H19FN2O. The Labute approximate surface area is 107 Å². The molecule has 3 N–H and O–H groups in total. The fourth-order valence-electron chi connectivity index (χ4n) is 2.48. The average Bonchev–Trinajstić information content (AvgIpc) is 2.31. The molecule has 2 rings (SSSR count). The monoisotopic (exact) mass is 250 g/mol. The largest absolute Gasteiger partial charge is 0.489 e. The number of halogens is 1. The molecule has 0 aromatic heterocycles. The van der Waals surface area contributed by atoms with Crippen LogP contribution in [-0.4, -0.2) is 11.9 Å². The van der Waals surface area contributed by atoms with E-state index in [0.717, 1.165) is 19.3 Å². The number of nitrogens with two attached hydrogens (primary N) is 1. The molecule has 0 amide bonds. The van der Waals surface area contributed by atoms with Crippen molar-refractivity contribution in [1.29, 1.82) is 5.41 Å². The Morgan fingerprint density at radius 2 is 2.11 bits per heavy atom. The van der Waals surface area contributed by atoms with Gasteiger partial charge in [0.1, 0.15) is 23.5 Å². The van der Waals surface area contributed by atoms with E-state index in [4.69, 9.17) is 15.9 Å². The van der Waals surface area contributed by atoms with Gasteiger partial charge in [0.15, 0.2) is 0 Å². The lowest BCUT2D eigenvalue weighted by Gasteiger charge is -2.30. The highest BCUT2D eigenvalue weighted by Gasteiger charge is 2.24. The first-order chi connectivity index (χ1) is 8.59. The van der Waals surface area contributed by atoms with Gasteiger partial charge in [-0.1, -0.05) is 19.4 Å². The molecule has 1 aliphatic carbocycles. The maximum atomic E-state index is 13.7. The molecule has 2 atom stereocenters. The zero-order chi connectivity index (χ0) is 13.1. The zero-order valence-electron chi connectivity index (χ0n) is 10.6. The average molecular weight is 250 g/mol. The van der Waals surface area contributed by atoms with Crippen LogP contribution >= 0.6 is 0 Å². The zero-order valence-corrected chi connectivity index (χ0v) is 10.6. The van der Waals surface area contributed by atoms with Crippen molar-refractivity contribution in [3.63, 3.8) is 0 Å². The van der Waals surface area contributed by atoms with Gasteiger partial charge in [0.2, 0.25) is 0 Å². The summed E-state index contributed by atoms with van der Waals surface area (Å²) >= 11 is 0. The number of hydrogen-bond donors (Lipinski definition) is 2. The van der Waals surface area contributed by atoms with E-state index < -0.39 is 5.82 Å². The summed E-state index contributed by atoms with van der Waals surface area (Å²) < 4.78 is 19.5. The summed E-state index contributed by atoms with van der Waals surface area (Å²) in [6.07, 6.45) is 4.58. The second-order valence-electron chi connectivity index (χ2n) is 4.94. The van der Waals surface area contributed by atoms with E-state index in [-0.39, 0.29) is 17.5 Å². The van der Waals surface area contributed by atoms with Crippen molar-refractivity contribution in [1.82, 2.24) is 0 Å². The van der Waals surface area contributed by atoms with Crippen LogP contribution in [0.1, 0.15) is 38.2 Å². The van der Waals surface area contributed by atoms with Crippen LogP contribution in [0.4, 0.5) is 4.39 Å². The summed E-state index contributed by atoms with van der Waals surface area (Å²) in [5.74, 6) is 0.0677. The third-order valence-electron chi connectivity index (χ3n) is 3.56. The normalized spacial score (nSPS) is 23.7. The molecule has 3 nitrogen and oxygen atoms in total. The fraction of sp³-hybridized carbons (Fsp3) is 0.500. The van der Waals surface area contributed by atoms with Gasteiger partial charge in [-0.05, 0) is 37.3 Å². The third-order valence-corrected chi connectivity index (χ3v) is 3.56. The standard InChI is InChI=1S/C14H19FN2O/c1-9-5-2-3-7-11(9)18-12-8-4-6-10(15)13(12)14(16)17/h4,6,8-9,11H,2-3,5,7H2,1H3,(H3,16,17). The molecule has 4 heteroatoms. The highest BCUT2D eigenvalue weighted by molar-refractivity contribution is 5.97. The molecule has 1 fully saturated rings. The van der Waals surface area contributed by atoms with Crippen molar-refractivity contribution in [2.75, 3.05) is 0 Å². The fourth-order valence-corrected chi connectivity index (χ4v) is 2.48. The van der Waals surface area contributed by atoms with Gasteiger partial charge in [-0.25, -0.2) is 4.39 Å². The summed E-state index contributed by atoms with van der Waals surface area (Å²) in [5.41, 5.74) is 5.50. The summed E-state index contributed by atoms with van der Waals surface area (Å²) in [6.45, 7) is 2.15. The molecule has 0 radical (unpaired) electrons. The van der Waals surface area contributed by atoms with E-state index in [1.54, 1.807) is 12.1 Å². The molecule has 1 saturated carbocycles. The summed E-state index contributed by atoms with van der Waals surface area (Å²) in [5, 5.41) is 7.44. The minimum atomic E-state index is -0.497. The van der Waals surface area contributed by atoms with E-state index in [9.17, 15) is 4.39 Å². The second-order valence-corrected chi connectivity index (χ2v) is 4.94. The Balaban J connectivity index is 2.23. The molecule has 0 aliphatic heterocycles. The summed E-state index contributed by atoms with van der Waals surface area (Å²) in [4.78, 5) is 0. The predicted octanol–water partition coefficient (Wildman–Crippen LogP) is 3.07. The first kappa shape index (κ1) is 12.9. The minimum absolute atomic E-state index is 0.0790. The lowest BCUT2D eigenvalue weighted by Crippen LogP contribution is -2.29. The number of benzene rings is 1. The number of amidine groups is 1. The van der Waals surface area contributed by atoms with E-state index >= 15 is 0 Å². The number of ether oxygens (including phenoxy) is 1. The van der Waals surface area contributed by atoms with Crippen molar-refractivity contribution >= 4 is 5.84 Å². The van der Waals surface area contributed by atoms with Crippen molar-refractivity contribution in [3.8, 4) is 5.75 Å². The maximum Gasteiger partial charge on any atom is 0.137 e. The van der Waals surface area contributed by atoms with E-state index in [1.165, 1.54) is 12.5 Å². The van der Waals surface area contributed by atoms with Crippen LogP contribution in [-0.2, 0) is 0 Å². The molecular weight excluding hydrogens is 231 g/mol. The third kappa shape index (κ3) is 2.63. The molecule has 0 spiro atoms. The van der Waals surface area contributed by atoms with Gasteiger partial charge in [-0.3, -0.25) is 5.41 Å². The van der Waals surface area contributed by atoms with Crippen LogP contribution in [0.15, 0.2) is 18.2 Å². The van der Waals surface area contributed by atoms with Crippen molar-refractivity contribution in [3.05, 3.63) is 29.6 Å². The molecule has 0 saturated heterocycles. The van der Waals surface area contributed by atoms with Gasteiger partial charge in [0.05, 0.1) is 5.56 Å². The first-order valence-corrected chi connectivity index (χ1v) is 6.39. The minimum Gasteiger partial charge on any atom is -0.489 e. The Hall–Kier alpha value is -1.58. The molecule has 0 bridgehead atoms. The van der Waals surface area contributed by atoms with E-state index in [2.05, 4.69) is 6.92 Å². The van der Waals surface area contributed by atoms with Crippen LogP contribution in [0.3, 0.4) is 0 Å². The van der Waals surface area contributed by atoms with Crippen molar-refractivity contribution in [2.24, 2.45) is 11.7 Å². The molecule has 1 aliphatic rings. The van der Waals surface area contributed by atoms with Crippen LogP contribution < -0.4 is 10.5 Å². The topological polar surface area (TPSA) is 59.1 Å². The van der Waals surface area contributed by atoms with Gasteiger partial charge in [0, 0.05) is 0 Å². The highest BCUT2D eigenvalue weighted by Crippen LogP contribution is 2.30. The molecule has 18 heavy (non-hydrogen) atoms. The van der Waals surface area contributed by atoms with Crippen LogP contribution in [0.5, 0.6) is 5.75 Å². The summed E-state index contributed by atoms with van der Waals surface area (Å²) in [6, 6.07) is 4.57. The molecule has 1 aromatic carbocycles. The van der Waals surface area contributed by atoms with Gasteiger partial charge in [0.25, 0.3) is 0 Å². The maximum absolute atomic E-state index is 13.7. The molecule has 2 unspecified atom stereocenters. The van der Waals surface area contributed by atoms with Gasteiger partial charge in [-0.15, -0.1) is 0 Å². The van der Waals surface area contributed by atoms with Gasteiger partial charge >= 0.3 is 0 Å². The first-order valence-electron chi connectivity index (χ1n) is 6.39. The van der Waals surface area contributed by atoms with Crippen LogP contribution in [0.25, 0.3) is 0 Å². The van der Waals surface area contributed by atoms with Gasteiger partial charge < -0.3 is 10.5 Å². The van der Waals surface area contributed by atoms with Gasteiger partial charge in [-0.2, -0.15) is 0 Å². The lowest BCUT2D eigenvalue weighted by atomic mass is 9.88. The Kier molecular flexibility index (Phi) is 3.84. The van der Waals surface area contributed by atoms with Crippen LogP contribution in [0, 0.1) is 17.1 Å². The molecule has 0 heterocycles. The SMILES string of the molecule is CC1CCCCC1Oc1cccc(F)c1C(=N)N. The lowest BCUT2D eigenvalue weighted by molar-refractivity contribution is 0.102. The Morgan fingerprint density at radius 1 is 1.39 bits per heavy atom. The van der Waals surface area contributed by atoms with Crippen molar-refractivity contribution < 1.29 is 9.13 Å². The number of nitrogens with one attached hydrogen (secondary N) is 1. The Bertz CT molecular complexity index is 447.